The van der Waals surface area contributed by atoms with E-state index in [0.29, 0.717) is 29.9 Å². The zero-order valence-electron chi connectivity index (χ0n) is 24.0. The third-order valence-electron chi connectivity index (χ3n) is 10.9. The second kappa shape index (κ2) is 10.8. The molecule has 7 atom stereocenters. The number of oxime groups is 1. The highest BCUT2D eigenvalue weighted by molar-refractivity contribution is 5.96. The van der Waals surface area contributed by atoms with Crippen molar-refractivity contribution in [3.63, 3.8) is 0 Å². The summed E-state index contributed by atoms with van der Waals surface area (Å²) < 4.78 is 4.82. The van der Waals surface area contributed by atoms with Crippen molar-refractivity contribution in [2.45, 2.75) is 90.2 Å². The molecule has 3 fully saturated rings. The number of esters is 1. The van der Waals surface area contributed by atoms with E-state index in [9.17, 15) is 19.5 Å². The molecule has 0 saturated heterocycles. The first kappa shape index (κ1) is 28.5. The quantitative estimate of drug-likeness (QED) is 0.331. The summed E-state index contributed by atoms with van der Waals surface area (Å²) in [5.74, 6) is 0.325. The van der Waals surface area contributed by atoms with Gasteiger partial charge in [0.15, 0.2) is 12.4 Å². The van der Waals surface area contributed by atoms with E-state index < -0.39 is 23.5 Å². The largest absolute Gasteiger partial charge is 0.467 e. The molecule has 1 amide bonds. The van der Waals surface area contributed by atoms with E-state index in [-0.39, 0.29) is 29.6 Å². The Morgan fingerprint density at radius 3 is 2.65 bits per heavy atom. The number of methoxy groups -OCH3 is 1. The molecule has 0 spiro atoms. The van der Waals surface area contributed by atoms with Crippen LogP contribution in [0.5, 0.6) is 0 Å². The minimum absolute atomic E-state index is 0.0674. The Hall–Kier alpha value is -3.01. The Morgan fingerprint density at radius 2 is 1.95 bits per heavy atom. The molecule has 40 heavy (non-hydrogen) atoms. The highest BCUT2D eigenvalue weighted by Gasteiger charge is 2.65. The summed E-state index contributed by atoms with van der Waals surface area (Å²) in [4.78, 5) is 49.4. The lowest BCUT2D eigenvalue weighted by atomic mass is 9.46. The van der Waals surface area contributed by atoms with E-state index in [1.807, 2.05) is 0 Å². The SMILES string of the molecule is COC(=O)[C@H](Cc1cnc[nH]1)NC(=O)CO/N=C1\C=C2CC[C@@H]3[C@H](CC[C@@]4(C)[C@H]3CC[C@]4(O)C(C)=O)[C@@]2(C)CC1. The molecule has 4 aliphatic carbocycles. The van der Waals surface area contributed by atoms with E-state index in [1.165, 1.54) is 19.0 Å². The first-order valence-corrected chi connectivity index (χ1v) is 14.5. The van der Waals surface area contributed by atoms with Gasteiger partial charge in [0.25, 0.3) is 5.91 Å². The average molecular weight is 555 g/mol. The molecule has 1 aromatic rings. The van der Waals surface area contributed by atoms with Crippen LogP contribution in [0.15, 0.2) is 29.3 Å². The van der Waals surface area contributed by atoms with E-state index in [1.54, 1.807) is 13.1 Å². The number of aliphatic hydroxyl groups is 1. The molecule has 3 saturated carbocycles. The molecule has 10 nitrogen and oxygen atoms in total. The molecule has 3 N–H and O–H groups in total. The molecule has 0 aromatic carbocycles. The zero-order chi connectivity index (χ0) is 28.7. The molecular weight excluding hydrogens is 512 g/mol. The fraction of sp³-hybridized carbons (Fsp3) is 0.700. The second-order valence-electron chi connectivity index (χ2n) is 12.7. The number of nitrogens with one attached hydrogen (secondary N) is 2. The average Bonchev–Trinajstić information content (AvgIpc) is 3.54. The number of hydrogen-bond acceptors (Lipinski definition) is 8. The van der Waals surface area contributed by atoms with Crippen molar-refractivity contribution < 1.29 is 29.1 Å². The molecule has 0 aliphatic heterocycles. The Balaban J connectivity index is 1.21. The second-order valence-corrected chi connectivity index (χ2v) is 12.7. The van der Waals surface area contributed by atoms with Crippen LogP contribution in [0.3, 0.4) is 0 Å². The summed E-state index contributed by atoms with van der Waals surface area (Å²) in [6.45, 7) is 5.78. The molecule has 1 heterocycles. The van der Waals surface area contributed by atoms with Gasteiger partial charge in [-0.15, -0.1) is 0 Å². The van der Waals surface area contributed by atoms with Crippen LogP contribution in [0.4, 0.5) is 0 Å². The molecule has 5 rings (SSSR count). The van der Waals surface area contributed by atoms with Crippen LogP contribution < -0.4 is 5.32 Å². The van der Waals surface area contributed by atoms with Gasteiger partial charge in [0.05, 0.1) is 19.1 Å². The van der Waals surface area contributed by atoms with E-state index >= 15 is 0 Å². The predicted molar refractivity (Wildman–Crippen MR) is 147 cm³/mol. The lowest BCUT2D eigenvalue weighted by molar-refractivity contribution is -0.159. The lowest BCUT2D eigenvalue weighted by Gasteiger charge is -2.59. The number of allylic oxidation sites excluding steroid dienone is 2. The van der Waals surface area contributed by atoms with Gasteiger partial charge >= 0.3 is 5.97 Å². The number of rotatable bonds is 8. The van der Waals surface area contributed by atoms with Gasteiger partial charge in [-0.2, -0.15) is 0 Å². The van der Waals surface area contributed by atoms with Crippen molar-refractivity contribution >= 4 is 23.4 Å². The monoisotopic (exact) mass is 554 g/mol. The smallest absolute Gasteiger partial charge is 0.328 e. The summed E-state index contributed by atoms with van der Waals surface area (Å²) in [5.41, 5.74) is 1.46. The Labute approximate surface area is 235 Å². The fourth-order valence-corrected chi connectivity index (χ4v) is 8.60. The number of H-pyrrole nitrogens is 1. The highest BCUT2D eigenvalue weighted by atomic mass is 16.6. The minimum Gasteiger partial charge on any atom is -0.467 e. The lowest BCUT2D eigenvalue weighted by Crippen LogP contribution is -2.57. The van der Waals surface area contributed by atoms with Crippen molar-refractivity contribution in [1.82, 2.24) is 15.3 Å². The summed E-state index contributed by atoms with van der Waals surface area (Å²) in [7, 11) is 1.28. The summed E-state index contributed by atoms with van der Waals surface area (Å²) in [5, 5.41) is 18.3. The number of carbonyl (C=O) groups is 3. The van der Waals surface area contributed by atoms with Crippen LogP contribution in [0.2, 0.25) is 0 Å². The predicted octanol–water partition coefficient (Wildman–Crippen LogP) is 3.27. The van der Waals surface area contributed by atoms with Crippen molar-refractivity contribution in [1.29, 1.82) is 0 Å². The molecule has 218 valence electrons. The fourth-order valence-electron chi connectivity index (χ4n) is 8.60. The van der Waals surface area contributed by atoms with Gasteiger partial charge in [0.1, 0.15) is 11.6 Å². The van der Waals surface area contributed by atoms with E-state index in [0.717, 1.165) is 50.7 Å². The molecule has 10 heteroatoms. The Kier molecular flexibility index (Phi) is 7.67. The third-order valence-corrected chi connectivity index (χ3v) is 10.9. The third kappa shape index (κ3) is 4.78. The number of amides is 1. The van der Waals surface area contributed by atoms with Gasteiger partial charge in [0.2, 0.25) is 0 Å². The first-order valence-electron chi connectivity index (χ1n) is 14.5. The van der Waals surface area contributed by atoms with Gasteiger partial charge in [-0.3, -0.25) is 9.59 Å². The zero-order valence-corrected chi connectivity index (χ0v) is 24.0. The molecule has 0 radical (unpaired) electrons. The number of fused-ring (bicyclic) bond motifs is 5. The van der Waals surface area contributed by atoms with E-state index in [2.05, 4.69) is 40.4 Å². The number of ketones is 1. The van der Waals surface area contributed by atoms with Crippen LogP contribution in [0.1, 0.15) is 77.8 Å². The maximum atomic E-state index is 12.5. The van der Waals surface area contributed by atoms with Crippen LogP contribution in [0, 0.1) is 28.6 Å². The maximum Gasteiger partial charge on any atom is 0.328 e. The van der Waals surface area contributed by atoms with Crippen LogP contribution in [-0.2, 0) is 30.4 Å². The minimum atomic E-state index is -1.19. The number of ether oxygens (including phenoxy) is 1. The van der Waals surface area contributed by atoms with Crippen LogP contribution in [-0.4, -0.2) is 63.8 Å². The van der Waals surface area contributed by atoms with Crippen molar-refractivity contribution in [3.05, 3.63) is 29.9 Å². The molecule has 4 aliphatic rings. The molecular formula is C30H42N4O6. The molecule has 1 aromatic heterocycles. The van der Waals surface area contributed by atoms with Gasteiger partial charge in [-0.05, 0) is 87.5 Å². The number of aromatic nitrogens is 2. The van der Waals surface area contributed by atoms with Crippen LogP contribution in [0.25, 0.3) is 0 Å². The normalized spacial score (nSPS) is 36.5. The van der Waals surface area contributed by atoms with Gasteiger partial charge in [-0.25, -0.2) is 9.78 Å². The molecule has 0 bridgehead atoms. The van der Waals surface area contributed by atoms with Crippen LogP contribution >= 0.6 is 0 Å². The van der Waals surface area contributed by atoms with Crippen molar-refractivity contribution in [2.24, 2.45) is 33.7 Å². The highest BCUT2D eigenvalue weighted by Crippen LogP contribution is 2.67. The maximum absolute atomic E-state index is 12.5. The summed E-state index contributed by atoms with van der Waals surface area (Å²) in [6.07, 6.45) is 12.6. The Morgan fingerprint density at radius 1 is 1.18 bits per heavy atom. The summed E-state index contributed by atoms with van der Waals surface area (Å²) in [6, 6.07) is -0.856. The first-order chi connectivity index (χ1) is 19.0. The van der Waals surface area contributed by atoms with Gasteiger partial charge < -0.3 is 25.0 Å². The van der Waals surface area contributed by atoms with E-state index in [4.69, 9.17) is 9.57 Å². The number of imidazole rings is 1. The van der Waals surface area contributed by atoms with Crippen molar-refractivity contribution in [3.8, 4) is 0 Å². The van der Waals surface area contributed by atoms with Gasteiger partial charge in [0, 0.05) is 23.7 Å². The summed E-state index contributed by atoms with van der Waals surface area (Å²) >= 11 is 0. The molecule has 0 unspecified atom stereocenters. The number of Topliss-reactive ketones (excluding diaryl/α,β-unsaturated/α-hetero) is 1. The number of aromatic amines is 1. The number of nitrogens with zero attached hydrogens (tertiary/aromatic N) is 2. The van der Waals surface area contributed by atoms with Gasteiger partial charge in [-0.1, -0.05) is 24.6 Å². The number of hydrogen-bond donors (Lipinski definition) is 3. The standard InChI is InChI=1S/C30H42N4O6/c1-18(35)30(38)12-9-24-22-6-5-19-13-20(7-10-28(19,2)23(22)8-11-29(24,30)3)34-40-16-26(36)33-25(27(37)39-4)14-21-15-31-17-32-21/h13,15,17,22-25,38H,5-12,14,16H2,1-4H3,(H,31,32)(H,33,36)/b34-20-/t22-,23+,24+,25+,28+,29+,30+/m1/s1. The Bertz CT molecular complexity index is 1210. The number of carbonyl (C=O) groups excluding carboxylic acids is 3. The van der Waals surface area contributed by atoms with Crippen molar-refractivity contribution in [2.75, 3.05) is 13.7 Å². The topological polar surface area (TPSA) is 143 Å².